The van der Waals surface area contributed by atoms with Crippen molar-refractivity contribution in [2.45, 2.75) is 9.92 Å². The lowest BCUT2D eigenvalue weighted by Gasteiger charge is -2.03. The van der Waals surface area contributed by atoms with Crippen LogP contribution in [-0.4, -0.2) is 9.97 Å². The zero-order valence-corrected chi connectivity index (χ0v) is 10.6. The van der Waals surface area contributed by atoms with Gasteiger partial charge in [-0.1, -0.05) is 33.8 Å². The molecule has 4 nitrogen and oxygen atoms in total. The van der Waals surface area contributed by atoms with Crippen molar-refractivity contribution in [3.63, 3.8) is 0 Å². The number of rotatable bonds is 3. The molecule has 0 aliphatic carbocycles. The standard InChI is InChI=1S/C10H9BrN4S/c11-7-2-1-3-8(4-7)16-10-5-9(15-12)13-6-14-10/h1-6H,12H2,(H,13,14,15). The first-order valence-corrected chi connectivity index (χ1v) is 6.11. The smallest absolute Gasteiger partial charge is 0.144 e. The molecule has 0 fully saturated rings. The van der Waals surface area contributed by atoms with Crippen molar-refractivity contribution in [1.82, 2.24) is 9.97 Å². The van der Waals surface area contributed by atoms with Gasteiger partial charge in [-0.3, -0.25) is 0 Å². The van der Waals surface area contributed by atoms with Gasteiger partial charge in [0.1, 0.15) is 17.2 Å². The van der Waals surface area contributed by atoms with Crippen molar-refractivity contribution in [2.75, 3.05) is 5.43 Å². The third kappa shape index (κ3) is 2.94. The van der Waals surface area contributed by atoms with Gasteiger partial charge in [0.2, 0.25) is 0 Å². The number of anilines is 1. The maximum atomic E-state index is 5.28. The molecule has 1 aromatic heterocycles. The molecule has 0 bridgehead atoms. The van der Waals surface area contributed by atoms with Gasteiger partial charge in [0.05, 0.1) is 0 Å². The first-order chi connectivity index (χ1) is 7.78. The zero-order valence-electron chi connectivity index (χ0n) is 8.22. The normalized spacial score (nSPS) is 10.1. The molecule has 2 aromatic rings. The minimum absolute atomic E-state index is 0.604. The molecule has 0 atom stereocenters. The van der Waals surface area contributed by atoms with E-state index in [0.29, 0.717) is 5.82 Å². The predicted molar refractivity (Wildman–Crippen MR) is 68.1 cm³/mol. The summed E-state index contributed by atoms with van der Waals surface area (Å²) in [6.45, 7) is 0. The fraction of sp³-hybridized carbons (Fsp3) is 0. The maximum Gasteiger partial charge on any atom is 0.144 e. The molecule has 0 aliphatic rings. The SMILES string of the molecule is NNc1cc(Sc2cccc(Br)c2)ncn1. The summed E-state index contributed by atoms with van der Waals surface area (Å²) in [5.41, 5.74) is 2.49. The Morgan fingerprint density at radius 3 is 2.88 bits per heavy atom. The van der Waals surface area contributed by atoms with E-state index in [-0.39, 0.29) is 0 Å². The number of nitrogens with two attached hydrogens (primary N) is 1. The van der Waals surface area contributed by atoms with Crippen LogP contribution in [0.1, 0.15) is 0 Å². The largest absolute Gasteiger partial charge is 0.308 e. The molecule has 0 saturated heterocycles. The van der Waals surface area contributed by atoms with Crippen molar-refractivity contribution in [3.05, 3.63) is 41.1 Å². The van der Waals surface area contributed by atoms with Crippen molar-refractivity contribution >= 4 is 33.5 Å². The third-order valence-electron chi connectivity index (χ3n) is 1.81. The molecule has 0 spiro atoms. The second-order valence-corrected chi connectivity index (χ2v) is 4.95. The first kappa shape index (κ1) is 11.4. The summed E-state index contributed by atoms with van der Waals surface area (Å²) in [5.74, 6) is 5.88. The highest BCUT2D eigenvalue weighted by molar-refractivity contribution is 9.10. The molecule has 1 aromatic carbocycles. The van der Waals surface area contributed by atoms with Gasteiger partial charge in [0, 0.05) is 15.4 Å². The first-order valence-electron chi connectivity index (χ1n) is 4.50. The van der Waals surface area contributed by atoms with Crippen LogP contribution in [0.4, 0.5) is 5.82 Å². The summed E-state index contributed by atoms with van der Waals surface area (Å²) in [4.78, 5) is 9.21. The van der Waals surface area contributed by atoms with Crippen LogP contribution in [0.3, 0.4) is 0 Å². The number of nitrogens with one attached hydrogen (secondary N) is 1. The molecule has 6 heteroatoms. The second-order valence-electron chi connectivity index (χ2n) is 2.95. The van der Waals surface area contributed by atoms with E-state index in [1.165, 1.54) is 6.33 Å². The van der Waals surface area contributed by atoms with Crippen LogP contribution in [0, 0.1) is 0 Å². The van der Waals surface area contributed by atoms with Gasteiger partial charge in [0.15, 0.2) is 0 Å². The summed E-state index contributed by atoms with van der Waals surface area (Å²) in [5, 5.41) is 0.848. The number of benzene rings is 1. The van der Waals surface area contributed by atoms with Gasteiger partial charge in [0.25, 0.3) is 0 Å². The van der Waals surface area contributed by atoms with Gasteiger partial charge < -0.3 is 5.43 Å². The molecule has 82 valence electrons. The van der Waals surface area contributed by atoms with Gasteiger partial charge in [-0.25, -0.2) is 15.8 Å². The van der Waals surface area contributed by atoms with Crippen molar-refractivity contribution in [2.24, 2.45) is 5.84 Å². The third-order valence-corrected chi connectivity index (χ3v) is 3.22. The summed E-state index contributed by atoms with van der Waals surface area (Å²) in [7, 11) is 0. The average Bonchev–Trinajstić information content (AvgIpc) is 2.29. The number of halogens is 1. The van der Waals surface area contributed by atoms with Crippen molar-refractivity contribution in [1.29, 1.82) is 0 Å². The molecule has 0 amide bonds. The molecule has 2 rings (SSSR count). The van der Waals surface area contributed by atoms with E-state index in [0.717, 1.165) is 14.4 Å². The Bertz CT molecular complexity index is 492. The Kier molecular flexibility index (Phi) is 3.76. The van der Waals surface area contributed by atoms with Crippen molar-refractivity contribution < 1.29 is 0 Å². The Balaban J connectivity index is 2.20. The average molecular weight is 297 g/mol. The minimum Gasteiger partial charge on any atom is -0.308 e. The topological polar surface area (TPSA) is 63.8 Å². The monoisotopic (exact) mass is 296 g/mol. The molecule has 0 radical (unpaired) electrons. The van der Waals surface area contributed by atoms with E-state index in [9.17, 15) is 0 Å². The van der Waals surface area contributed by atoms with E-state index in [1.807, 2.05) is 24.3 Å². The lowest BCUT2D eigenvalue weighted by atomic mass is 10.4. The lowest BCUT2D eigenvalue weighted by Crippen LogP contribution is -2.08. The predicted octanol–water partition coefficient (Wildman–Crippen LogP) is 2.68. The fourth-order valence-corrected chi connectivity index (χ4v) is 2.52. The highest BCUT2D eigenvalue weighted by atomic mass is 79.9. The molecule has 16 heavy (non-hydrogen) atoms. The van der Waals surface area contributed by atoms with Gasteiger partial charge in [-0.2, -0.15) is 0 Å². The van der Waals surface area contributed by atoms with E-state index in [4.69, 9.17) is 5.84 Å². The van der Waals surface area contributed by atoms with Crippen LogP contribution in [0.5, 0.6) is 0 Å². The highest BCUT2D eigenvalue weighted by Gasteiger charge is 2.01. The van der Waals surface area contributed by atoms with Crippen molar-refractivity contribution in [3.8, 4) is 0 Å². The Morgan fingerprint density at radius 2 is 2.12 bits per heavy atom. The molecule has 0 unspecified atom stereocenters. The number of hydrogen-bond acceptors (Lipinski definition) is 5. The Labute approximate surface area is 106 Å². The second kappa shape index (κ2) is 5.29. The molecule has 3 N–H and O–H groups in total. The van der Waals surface area contributed by atoms with Crippen LogP contribution in [0.25, 0.3) is 0 Å². The van der Waals surface area contributed by atoms with E-state index >= 15 is 0 Å². The summed E-state index contributed by atoms with van der Waals surface area (Å²) < 4.78 is 1.05. The minimum atomic E-state index is 0.604. The van der Waals surface area contributed by atoms with E-state index in [1.54, 1.807) is 17.8 Å². The van der Waals surface area contributed by atoms with Gasteiger partial charge in [-0.05, 0) is 18.2 Å². The zero-order chi connectivity index (χ0) is 11.4. The van der Waals surface area contributed by atoms with Crippen LogP contribution in [-0.2, 0) is 0 Å². The summed E-state index contributed by atoms with van der Waals surface area (Å²) in [6, 6.07) is 9.81. The van der Waals surface area contributed by atoms with Crippen LogP contribution in [0.2, 0.25) is 0 Å². The summed E-state index contributed by atoms with van der Waals surface area (Å²) in [6.07, 6.45) is 1.48. The maximum absolute atomic E-state index is 5.28. The lowest BCUT2D eigenvalue weighted by molar-refractivity contribution is 1.04. The molecule has 0 aliphatic heterocycles. The Hall–Kier alpha value is -1.11. The van der Waals surface area contributed by atoms with Gasteiger partial charge in [-0.15, -0.1) is 0 Å². The number of nitrogens with zero attached hydrogens (tertiary/aromatic N) is 2. The van der Waals surface area contributed by atoms with Gasteiger partial charge >= 0.3 is 0 Å². The fourth-order valence-electron chi connectivity index (χ4n) is 1.13. The Morgan fingerprint density at radius 1 is 1.25 bits per heavy atom. The molecular weight excluding hydrogens is 288 g/mol. The molecule has 1 heterocycles. The molecule has 0 saturated carbocycles. The summed E-state index contributed by atoms with van der Waals surface area (Å²) >= 11 is 4.98. The van der Waals surface area contributed by atoms with Crippen LogP contribution in [0.15, 0.2) is 51.1 Å². The van der Waals surface area contributed by atoms with E-state index in [2.05, 4.69) is 31.3 Å². The molecular formula is C10H9BrN4S. The van der Waals surface area contributed by atoms with Crippen LogP contribution < -0.4 is 11.3 Å². The highest BCUT2D eigenvalue weighted by Crippen LogP contribution is 2.28. The number of hydrazine groups is 1. The quantitative estimate of drug-likeness (QED) is 0.518. The number of hydrogen-bond donors (Lipinski definition) is 2. The van der Waals surface area contributed by atoms with E-state index < -0.39 is 0 Å². The number of nitrogen functional groups attached to an aromatic ring is 1. The van der Waals surface area contributed by atoms with Crippen LogP contribution >= 0.6 is 27.7 Å². The number of aromatic nitrogens is 2.